The second kappa shape index (κ2) is 6.60. The Morgan fingerprint density at radius 1 is 1.29 bits per heavy atom. The van der Waals surface area contributed by atoms with Gasteiger partial charge in [0.05, 0.1) is 14.2 Å². The molecule has 2 aromatic rings. The van der Waals surface area contributed by atoms with Crippen LogP contribution in [0.1, 0.15) is 16.1 Å². The lowest BCUT2D eigenvalue weighted by Crippen LogP contribution is -2.07. The molecule has 6 heteroatoms. The van der Waals surface area contributed by atoms with Crippen LogP contribution in [0.4, 0.5) is 11.4 Å². The molecule has 0 bridgehead atoms. The van der Waals surface area contributed by atoms with Crippen LogP contribution in [0.25, 0.3) is 0 Å². The van der Waals surface area contributed by atoms with E-state index in [1.807, 2.05) is 12.1 Å². The molecule has 0 saturated carbocycles. The molecule has 1 aromatic heterocycles. The van der Waals surface area contributed by atoms with Gasteiger partial charge in [0.2, 0.25) is 0 Å². The van der Waals surface area contributed by atoms with Crippen molar-refractivity contribution in [3.63, 3.8) is 0 Å². The molecule has 0 saturated heterocycles. The maximum atomic E-state index is 11.4. The molecular formula is C15H17N3O3. The standard InChI is InChI=1S/C15H17N3O3/c1-20-14-4-3-11(16)7-10(14)9-18-12-5-6-17-13(8-12)15(19)21-2/h3-8H,9,16H2,1-2H3,(H,17,18). The number of nitrogens with zero attached hydrogens (tertiary/aromatic N) is 1. The molecule has 0 radical (unpaired) electrons. The summed E-state index contributed by atoms with van der Waals surface area (Å²) < 4.78 is 9.93. The fraction of sp³-hybridized carbons (Fsp3) is 0.200. The zero-order valence-electron chi connectivity index (χ0n) is 11.9. The van der Waals surface area contributed by atoms with Gasteiger partial charge in [-0.05, 0) is 30.3 Å². The van der Waals surface area contributed by atoms with Gasteiger partial charge in [-0.15, -0.1) is 0 Å². The first-order valence-corrected chi connectivity index (χ1v) is 6.34. The third kappa shape index (κ3) is 3.62. The highest BCUT2D eigenvalue weighted by Gasteiger charge is 2.08. The number of hydrogen-bond donors (Lipinski definition) is 2. The topological polar surface area (TPSA) is 86.5 Å². The van der Waals surface area contributed by atoms with Gasteiger partial charge >= 0.3 is 5.97 Å². The van der Waals surface area contributed by atoms with E-state index in [1.54, 1.807) is 31.5 Å². The van der Waals surface area contributed by atoms with Crippen molar-refractivity contribution in [1.82, 2.24) is 4.98 Å². The molecule has 3 N–H and O–H groups in total. The van der Waals surface area contributed by atoms with Crippen LogP contribution in [0.3, 0.4) is 0 Å². The number of pyridine rings is 1. The number of esters is 1. The van der Waals surface area contributed by atoms with E-state index in [4.69, 9.17) is 10.5 Å². The second-order valence-electron chi connectivity index (χ2n) is 4.35. The Hall–Kier alpha value is -2.76. The Labute approximate surface area is 122 Å². The van der Waals surface area contributed by atoms with E-state index in [0.717, 1.165) is 17.0 Å². The van der Waals surface area contributed by atoms with Crippen molar-refractivity contribution in [2.45, 2.75) is 6.54 Å². The van der Waals surface area contributed by atoms with E-state index in [-0.39, 0.29) is 5.69 Å². The molecule has 0 aliphatic heterocycles. The molecular weight excluding hydrogens is 270 g/mol. The summed E-state index contributed by atoms with van der Waals surface area (Å²) in [5, 5.41) is 3.20. The maximum absolute atomic E-state index is 11.4. The Morgan fingerprint density at radius 3 is 2.81 bits per heavy atom. The van der Waals surface area contributed by atoms with Gasteiger partial charge in [-0.3, -0.25) is 0 Å². The first-order chi connectivity index (χ1) is 10.1. The number of nitrogen functional groups attached to an aromatic ring is 1. The quantitative estimate of drug-likeness (QED) is 0.646. The van der Waals surface area contributed by atoms with Crippen molar-refractivity contribution in [2.75, 3.05) is 25.3 Å². The van der Waals surface area contributed by atoms with Crippen molar-refractivity contribution >= 4 is 17.3 Å². The van der Waals surface area contributed by atoms with Crippen LogP contribution in [0.5, 0.6) is 5.75 Å². The molecule has 0 amide bonds. The number of rotatable bonds is 5. The molecule has 0 fully saturated rings. The Morgan fingerprint density at radius 2 is 2.10 bits per heavy atom. The summed E-state index contributed by atoms with van der Waals surface area (Å²) in [4.78, 5) is 15.4. The monoisotopic (exact) mass is 287 g/mol. The molecule has 0 unspecified atom stereocenters. The minimum atomic E-state index is -0.472. The SMILES string of the molecule is COC(=O)c1cc(NCc2cc(N)ccc2OC)ccn1. The Bertz CT molecular complexity index is 644. The first-order valence-electron chi connectivity index (χ1n) is 6.34. The van der Waals surface area contributed by atoms with E-state index in [2.05, 4.69) is 15.0 Å². The summed E-state index contributed by atoms with van der Waals surface area (Å²) in [6, 6.07) is 8.84. The van der Waals surface area contributed by atoms with Gasteiger partial charge in [0.1, 0.15) is 11.4 Å². The van der Waals surface area contributed by atoms with Gasteiger partial charge in [0, 0.05) is 29.7 Å². The number of benzene rings is 1. The second-order valence-corrected chi connectivity index (χ2v) is 4.35. The minimum absolute atomic E-state index is 0.252. The van der Waals surface area contributed by atoms with Gasteiger partial charge in [-0.25, -0.2) is 9.78 Å². The van der Waals surface area contributed by atoms with Gasteiger partial charge in [-0.1, -0.05) is 0 Å². The van der Waals surface area contributed by atoms with Gasteiger partial charge in [0.25, 0.3) is 0 Å². The zero-order chi connectivity index (χ0) is 15.2. The summed E-state index contributed by atoms with van der Waals surface area (Å²) in [6.45, 7) is 0.513. The lowest BCUT2D eigenvalue weighted by Gasteiger charge is -2.11. The van der Waals surface area contributed by atoms with Gasteiger partial charge < -0.3 is 20.5 Å². The highest BCUT2D eigenvalue weighted by molar-refractivity contribution is 5.88. The van der Waals surface area contributed by atoms with E-state index in [9.17, 15) is 4.79 Å². The molecule has 2 rings (SSSR count). The number of carbonyl (C=O) groups is 1. The van der Waals surface area contributed by atoms with E-state index < -0.39 is 5.97 Å². The number of hydrogen-bond acceptors (Lipinski definition) is 6. The highest BCUT2D eigenvalue weighted by Crippen LogP contribution is 2.22. The number of aromatic nitrogens is 1. The van der Waals surface area contributed by atoms with Gasteiger partial charge in [0.15, 0.2) is 0 Å². The third-order valence-corrected chi connectivity index (χ3v) is 2.94. The average molecular weight is 287 g/mol. The first kappa shape index (κ1) is 14.6. The molecule has 0 atom stereocenters. The predicted molar refractivity (Wildman–Crippen MR) is 80.3 cm³/mol. The van der Waals surface area contributed by atoms with Crippen LogP contribution in [0, 0.1) is 0 Å². The largest absolute Gasteiger partial charge is 0.496 e. The summed E-state index contributed by atoms with van der Waals surface area (Å²) in [5.74, 6) is 0.277. The molecule has 110 valence electrons. The van der Waals surface area contributed by atoms with Crippen molar-refractivity contribution in [3.8, 4) is 5.75 Å². The molecule has 0 spiro atoms. The van der Waals surface area contributed by atoms with Crippen molar-refractivity contribution < 1.29 is 14.3 Å². The van der Waals surface area contributed by atoms with Crippen LogP contribution in [0.2, 0.25) is 0 Å². The number of ether oxygens (including phenoxy) is 2. The zero-order valence-corrected chi connectivity index (χ0v) is 11.9. The third-order valence-electron chi connectivity index (χ3n) is 2.94. The average Bonchev–Trinajstić information content (AvgIpc) is 2.52. The van der Waals surface area contributed by atoms with Crippen molar-refractivity contribution in [1.29, 1.82) is 0 Å². The lowest BCUT2D eigenvalue weighted by atomic mass is 10.1. The van der Waals surface area contributed by atoms with E-state index >= 15 is 0 Å². The van der Waals surface area contributed by atoms with Crippen LogP contribution in [-0.4, -0.2) is 25.2 Å². The molecule has 1 heterocycles. The van der Waals surface area contributed by atoms with Crippen molar-refractivity contribution in [2.24, 2.45) is 0 Å². The van der Waals surface area contributed by atoms with Crippen LogP contribution in [0.15, 0.2) is 36.5 Å². The Balaban J connectivity index is 2.13. The van der Waals surface area contributed by atoms with Crippen LogP contribution in [-0.2, 0) is 11.3 Å². The maximum Gasteiger partial charge on any atom is 0.356 e. The number of carbonyl (C=O) groups excluding carboxylic acids is 1. The Kier molecular flexibility index (Phi) is 4.61. The van der Waals surface area contributed by atoms with Crippen molar-refractivity contribution in [3.05, 3.63) is 47.8 Å². The lowest BCUT2D eigenvalue weighted by molar-refractivity contribution is 0.0594. The molecule has 0 aliphatic rings. The smallest absolute Gasteiger partial charge is 0.356 e. The summed E-state index contributed by atoms with van der Waals surface area (Å²) in [5.41, 5.74) is 8.38. The predicted octanol–water partition coefficient (Wildman–Crippen LogP) is 2.07. The summed E-state index contributed by atoms with van der Waals surface area (Å²) in [6.07, 6.45) is 1.55. The molecule has 0 aliphatic carbocycles. The highest BCUT2D eigenvalue weighted by atomic mass is 16.5. The van der Waals surface area contributed by atoms with E-state index in [1.165, 1.54) is 7.11 Å². The summed E-state index contributed by atoms with van der Waals surface area (Å²) in [7, 11) is 2.93. The summed E-state index contributed by atoms with van der Waals surface area (Å²) >= 11 is 0. The van der Waals surface area contributed by atoms with E-state index in [0.29, 0.717) is 12.2 Å². The van der Waals surface area contributed by atoms with Crippen LogP contribution < -0.4 is 15.8 Å². The molecule has 6 nitrogen and oxygen atoms in total. The number of anilines is 2. The van der Waals surface area contributed by atoms with Gasteiger partial charge in [-0.2, -0.15) is 0 Å². The normalized spacial score (nSPS) is 10.0. The fourth-order valence-electron chi connectivity index (χ4n) is 1.89. The molecule has 1 aromatic carbocycles. The minimum Gasteiger partial charge on any atom is -0.496 e. The number of methoxy groups -OCH3 is 2. The van der Waals surface area contributed by atoms with Crippen LogP contribution >= 0.6 is 0 Å². The number of nitrogens with two attached hydrogens (primary N) is 1. The molecule has 21 heavy (non-hydrogen) atoms. The fourth-order valence-corrected chi connectivity index (χ4v) is 1.89. The number of nitrogens with one attached hydrogen (secondary N) is 1.